The van der Waals surface area contributed by atoms with Gasteiger partial charge in [-0.25, -0.2) is 0 Å². The van der Waals surface area contributed by atoms with Gasteiger partial charge in [0.25, 0.3) is 0 Å². The van der Waals surface area contributed by atoms with Crippen LogP contribution in [-0.4, -0.2) is 24.6 Å². The van der Waals surface area contributed by atoms with Crippen LogP contribution in [0.5, 0.6) is 5.75 Å². The molecule has 0 N–H and O–H groups in total. The van der Waals surface area contributed by atoms with Crippen LogP contribution in [0.3, 0.4) is 0 Å². The van der Waals surface area contributed by atoms with E-state index in [2.05, 4.69) is 18.6 Å². The van der Waals surface area contributed by atoms with Crippen molar-refractivity contribution in [1.29, 1.82) is 0 Å². The van der Waals surface area contributed by atoms with E-state index in [1.54, 1.807) is 4.90 Å². The number of ketones is 1. The molecule has 1 atom stereocenters. The van der Waals surface area contributed by atoms with E-state index in [4.69, 9.17) is 0 Å². The van der Waals surface area contributed by atoms with E-state index in [0.29, 0.717) is 25.1 Å². The number of Topliss-reactive ketones (excluding diaryl/α,β-unsaturated/α-hetero) is 1. The lowest BCUT2D eigenvalue weighted by atomic mass is 9.77. The number of ether oxygens (including phenoxy) is 1. The first-order chi connectivity index (χ1) is 14.1. The number of carbonyl (C=O) groups excluding carboxylic acids is 2. The van der Waals surface area contributed by atoms with E-state index in [1.165, 1.54) is 50.5 Å². The molecule has 2 rings (SSSR count). The molecule has 1 saturated heterocycles. The van der Waals surface area contributed by atoms with E-state index in [9.17, 15) is 22.8 Å². The molecule has 0 aliphatic carbocycles. The molecule has 0 radical (unpaired) electrons. The minimum atomic E-state index is -4.75. The molecule has 1 aromatic rings. The number of anilines is 1. The van der Waals surface area contributed by atoms with Crippen LogP contribution < -0.4 is 9.64 Å². The van der Waals surface area contributed by atoms with Crippen molar-refractivity contribution in [2.45, 2.75) is 85.4 Å². The quantitative estimate of drug-likeness (QED) is 0.440. The Balaban J connectivity index is 0.000000804. The summed E-state index contributed by atoms with van der Waals surface area (Å²) in [6, 6.07) is 5.24. The van der Waals surface area contributed by atoms with Gasteiger partial charge in [0.15, 0.2) is 0 Å². The number of hydrogen-bond acceptors (Lipinski definition) is 3. The van der Waals surface area contributed by atoms with E-state index in [-0.39, 0.29) is 23.9 Å². The van der Waals surface area contributed by atoms with Gasteiger partial charge in [0, 0.05) is 18.7 Å². The molecule has 1 aromatic carbocycles. The highest BCUT2D eigenvalue weighted by Gasteiger charge is 2.47. The summed E-state index contributed by atoms with van der Waals surface area (Å²) in [6.45, 7) is 8.38. The van der Waals surface area contributed by atoms with Crippen LogP contribution in [0.25, 0.3) is 0 Å². The van der Waals surface area contributed by atoms with Crippen LogP contribution in [-0.2, 0) is 9.59 Å². The van der Waals surface area contributed by atoms with Crippen molar-refractivity contribution in [2.75, 3.05) is 11.4 Å². The predicted octanol–water partition coefficient (Wildman–Crippen LogP) is 6.67. The third-order valence-corrected chi connectivity index (χ3v) is 5.20. The third-order valence-electron chi connectivity index (χ3n) is 5.20. The van der Waals surface area contributed by atoms with Gasteiger partial charge in [-0.15, -0.1) is 13.2 Å². The van der Waals surface area contributed by atoms with Gasteiger partial charge in [-0.3, -0.25) is 9.59 Å². The second kappa shape index (κ2) is 12.0. The molecule has 0 bridgehead atoms. The zero-order valence-corrected chi connectivity index (χ0v) is 18.5. The van der Waals surface area contributed by atoms with E-state index in [0.717, 1.165) is 12.8 Å². The van der Waals surface area contributed by atoms with Crippen molar-refractivity contribution < 1.29 is 27.5 Å². The number of benzene rings is 1. The van der Waals surface area contributed by atoms with Crippen LogP contribution in [0.15, 0.2) is 24.3 Å². The van der Waals surface area contributed by atoms with Gasteiger partial charge in [-0.2, -0.15) is 0 Å². The summed E-state index contributed by atoms with van der Waals surface area (Å²) in [7, 11) is 0. The molecule has 1 heterocycles. The summed E-state index contributed by atoms with van der Waals surface area (Å²) in [6.07, 6.45) is 2.54. The maximum absolute atomic E-state index is 12.9. The molecule has 1 unspecified atom stereocenters. The van der Waals surface area contributed by atoms with Crippen LogP contribution >= 0.6 is 0 Å². The zero-order valence-electron chi connectivity index (χ0n) is 18.5. The van der Waals surface area contributed by atoms with E-state index >= 15 is 0 Å². The Morgan fingerprint density at radius 1 is 1.07 bits per heavy atom. The van der Waals surface area contributed by atoms with E-state index in [1.807, 2.05) is 6.92 Å². The summed E-state index contributed by atoms with van der Waals surface area (Å²) in [5.41, 5.74) is -0.176. The Morgan fingerprint density at radius 3 is 2.07 bits per heavy atom. The maximum Gasteiger partial charge on any atom is 0.573 e. The van der Waals surface area contributed by atoms with Crippen LogP contribution in [0.1, 0.15) is 79.1 Å². The number of hydrogen-bond donors (Lipinski definition) is 0. The number of nitrogens with zero attached hydrogens (tertiary/aromatic N) is 1. The average Bonchev–Trinajstić information content (AvgIpc) is 2.97. The average molecular weight is 430 g/mol. The minimum Gasteiger partial charge on any atom is -0.406 e. The number of rotatable bonds is 9. The van der Waals surface area contributed by atoms with Crippen molar-refractivity contribution in [3.05, 3.63) is 24.3 Å². The van der Waals surface area contributed by atoms with Crippen LogP contribution in [0, 0.1) is 5.41 Å². The monoisotopic (exact) mass is 429 g/mol. The van der Waals surface area contributed by atoms with Crippen LogP contribution in [0.4, 0.5) is 18.9 Å². The highest BCUT2D eigenvalue weighted by Crippen LogP contribution is 2.42. The summed E-state index contributed by atoms with van der Waals surface area (Å²) in [4.78, 5) is 26.1. The normalized spacial score (nSPS) is 18.8. The predicted molar refractivity (Wildman–Crippen MR) is 113 cm³/mol. The van der Waals surface area contributed by atoms with Crippen molar-refractivity contribution in [2.24, 2.45) is 5.41 Å². The molecule has 0 saturated carbocycles. The first-order valence-electron chi connectivity index (χ1n) is 10.8. The molecule has 0 aromatic heterocycles. The molecular formula is C23H34F3NO3. The fourth-order valence-electron chi connectivity index (χ4n) is 3.72. The first-order valence-corrected chi connectivity index (χ1v) is 10.8. The van der Waals surface area contributed by atoms with Crippen molar-refractivity contribution in [1.82, 2.24) is 0 Å². The molecular weight excluding hydrogens is 395 g/mol. The van der Waals surface area contributed by atoms with Crippen molar-refractivity contribution in [3.63, 3.8) is 0 Å². The van der Waals surface area contributed by atoms with Gasteiger partial charge < -0.3 is 9.64 Å². The van der Waals surface area contributed by atoms with Gasteiger partial charge >= 0.3 is 6.36 Å². The largest absolute Gasteiger partial charge is 0.573 e. The smallest absolute Gasteiger partial charge is 0.406 e. The minimum absolute atomic E-state index is 0.0276. The molecule has 4 nitrogen and oxygen atoms in total. The Morgan fingerprint density at radius 2 is 1.63 bits per heavy atom. The molecule has 1 fully saturated rings. The summed E-state index contributed by atoms with van der Waals surface area (Å²) in [5.74, 6) is -0.482. The van der Waals surface area contributed by atoms with Gasteiger partial charge in [0.05, 0.1) is 5.41 Å². The molecule has 1 aliphatic rings. The Kier molecular flexibility index (Phi) is 10.4. The Bertz CT molecular complexity index is 671. The van der Waals surface area contributed by atoms with Crippen molar-refractivity contribution in [3.8, 4) is 5.75 Å². The van der Waals surface area contributed by atoms with Gasteiger partial charge in [0.2, 0.25) is 5.91 Å². The number of amides is 1. The lowest BCUT2D eigenvalue weighted by molar-refractivity contribution is -0.274. The molecule has 1 aliphatic heterocycles. The summed E-state index contributed by atoms with van der Waals surface area (Å²) in [5, 5.41) is 0. The highest BCUT2D eigenvalue weighted by atomic mass is 19.4. The highest BCUT2D eigenvalue weighted by molar-refractivity contribution is 6.02. The number of carbonyl (C=O) groups is 2. The number of unbranched alkanes of at least 4 members (excludes halogenated alkanes) is 3. The van der Waals surface area contributed by atoms with Gasteiger partial charge in [-0.1, -0.05) is 52.9 Å². The SMILES string of the molecule is CCCCC.CCCCC1(CC(C)=O)CCN(c2ccc(OC(F)(F)F)cc2)C1=O. The van der Waals surface area contributed by atoms with Crippen molar-refractivity contribution >= 4 is 17.4 Å². The van der Waals surface area contributed by atoms with Gasteiger partial charge in [0.1, 0.15) is 11.5 Å². The molecule has 30 heavy (non-hydrogen) atoms. The Labute approximate surface area is 177 Å². The molecule has 1 amide bonds. The summed E-state index contributed by atoms with van der Waals surface area (Å²) < 4.78 is 40.5. The fourth-order valence-corrected chi connectivity index (χ4v) is 3.72. The number of alkyl halides is 3. The fraction of sp³-hybridized carbons (Fsp3) is 0.652. The number of halogens is 3. The molecule has 7 heteroatoms. The van der Waals surface area contributed by atoms with Gasteiger partial charge in [-0.05, 0) is 44.0 Å². The molecule has 170 valence electrons. The molecule has 0 spiro atoms. The second-order valence-electron chi connectivity index (χ2n) is 7.86. The summed E-state index contributed by atoms with van der Waals surface area (Å²) >= 11 is 0. The first kappa shape index (κ1) is 26.0. The standard InChI is InChI=1S/C18H22F3NO3.C5H12/c1-3-4-9-17(12-13(2)23)10-11-22(16(17)24)14-5-7-15(8-6-14)25-18(19,20)21;1-3-5-4-2/h5-8H,3-4,9-12H2,1-2H3;3-5H2,1-2H3. The Hall–Kier alpha value is -2.05. The lowest BCUT2D eigenvalue weighted by Crippen LogP contribution is -2.36. The maximum atomic E-state index is 12.9. The topological polar surface area (TPSA) is 46.6 Å². The second-order valence-corrected chi connectivity index (χ2v) is 7.86. The third kappa shape index (κ3) is 8.00. The van der Waals surface area contributed by atoms with Crippen LogP contribution in [0.2, 0.25) is 0 Å². The lowest BCUT2D eigenvalue weighted by Gasteiger charge is -2.27. The van der Waals surface area contributed by atoms with E-state index < -0.39 is 11.8 Å². The zero-order chi connectivity index (χ0) is 22.8.